The molecule has 0 aliphatic rings. The molecule has 0 saturated carbocycles. The van der Waals surface area contributed by atoms with Gasteiger partial charge in [0.05, 0.1) is 6.61 Å². The van der Waals surface area contributed by atoms with Gasteiger partial charge in [-0.25, -0.2) is 4.39 Å². The molecule has 4 heteroatoms. The van der Waals surface area contributed by atoms with Crippen LogP contribution in [0.1, 0.15) is 58.4 Å². The summed E-state index contributed by atoms with van der Waals surface area (Å²) in [4.78, 5) is 2.53. The number of hydrogen-bond donors (Lipinski definition) is 0. The summed E-state index contributed by atoms with van der Waals surface area (Å²) in [5, 5.41) is 0. The Hall–Kier alpha value is -1.13. The highest BCUT2D eigenvalue weighted by atomic mass is 19.1. The van der Waals surface area contributed by atoms with E-state index < -0.39 is 0 Å². The van der Waals surface area contributed by atoms with Gasteiger partial charge in [-0.05, 0) is 76.7 Å². The summed E-state index contributed by atoms with van der Waals surface area (Å²) in [5.41, 5.74) is 0.907. The molecule has 0 aliphatic heterocycles. The Morgan fingerprint density at radius 1 is 1.04 bits per heavy atom. The molecule has 0 bridgehead atoms. The third-order valence-electron chi connectivity index (χ3n) is 4.63. The summed E-state index contributed by atoms with van der Waals surface area (Å²) in [6.45, 7) is 13.0. The maximum atomic E-state index is 13.6. The van der Waals surface area contributed by atoms with E-state index in [1.807, 2.05) is 13.0 Å². The second-order valence-electron chi connectivity index (χ2n) is 6.69. The zero-order chi connectivity index (χ0) is 18.5. The summed E-state index contributed by atoms with van der Waals surface area (Å²) in [6.07, 6.45) is 5.33. The van der Waals surface area contributed by atoms with E-state index in [0.717, 1.165) is 51.1 Å². The fourth-order valence-corrected chi connectivity index (χ4v) is 2.78. The number of rotatable bonds is 14. The zero-order valence-electron chi connectivity index (χ0n) is 16.5. The van der Waals surface area contributed by atoms with Crippen LogP contribution in [0.15, 0.2) is 18.2 Å². The molecule has 144 valence electrons. The summed E-state index contributed by atoms with van der Waals surface area (Å²) in [7, 11) is 0. The van der Waals surface area contributed by atoms with Crippen molar-refractivity contribution in [3.63, 3.8) is 0 Å². The van der Waals surface area contributed by atoms with Gasteiger partial charge in [0.15, 0.2) is 11.6 Å². The van der Waals surface area contributed by atoms with Crippen molar-refractivity contribution in [3.8, 4) is 5.75 Å². The molecular weight excluding hydrogens is 317 g/mol. The van der Waals surface area contributed by atoms with Crippen molar-refractivity contribution in [1.29, 1.82) is 0 Å². The quantitative estimate of drug-likeness (QED) is 0.429. The van der Waals surface area contributed by atoms with Crippen molar-refractivity contribution in [1.82, 2.24) is 4.90 Å². The number of benzene rings is 1. The van der Waals surface area contributed by atoms with Crippen molar-refractivity contribution in [3.05, 3.63) is 29.6 Å². The molecular formula is C21H36FNO2. The molecule has 1 rings (SSSR count). The van der Waals surface area contributed by atoms with Gasteiger partial charge in [0.2, 0.25) is 0 Å². The molecule has 25 heavy (non-hydrogen) atoms. The predicted molar refractivity (Wildman–Crippen MR) is 103 cm³/mol. The van der Waals surface area contributed by atoms with E-state index >= 15 is 0 Å². The highest BCUT2D eigenvalue weighted by molar-refractivity contribution is 5.28. The fourth-order valence-electron chi connectivity index (χ4n) is 2.78. The first kappa shape index (κ1) is 21.9. The van der Waals surface area contributed by atoms with Gasteiger partial charge in [-0.3, -0.25) is 0 Å². The normalized spacial score (nSPS) is 12.6. The Bertz CT molecular complexity index is 467. The Morgan fingerprint density at radius 2 is 1.72 bits per heavy atom. The first-order valence-corrected chi connectivity index (χ1v) is 9.79. The van der Waals surface area contributed by atoms with E-state index in [1.165, 1.54) is 18.9 Å². The third kappa shape index (κ3) is 9.22. The maximum Gasteiger partial charge on any atom is 0.165 e. The molecule has 0 fully saturated rings. The SMILES string of the molecule is CCC(C)N(CC)CCCCOCCCCOc1ccc(C)cc1F. The predicted octanol–water partition coefficient (Wildman–Crippen LogP) is 5.21. The second kappa shape index (κ2) is 13.1. The molecule has 1 aromatic rings. The first-order valence-electron chi connectivity index (χ1n) is 9.79. The van der Waals surface area contributed by atoms with Crippen LogP contribution in [-0.4, -0.2) is 43.9 Å². The van der Waals surface area contributed by atoms with Gasteiger partial charge in [0, 0.05) is 19.3 Å². The summed E-state index contributed by atoms with van der Waals surface area (Å²) < 4.78 is 24.8. The standard InChI is InChI=1S/C21H36FNO2/c1-5-19(4)23(6-2)13-7-8-14-24-15-9-10-16-25-21-12-11-18(3)17-20(21)22/h11-12,17,19H,5-10,13-16H2,1-4H3. The molecule has 0 aliphatic carbocycles. The van der Waals surface area contributed by atoms with E-state index in [4.69, 9.17) is 9.47 Å². The van der Waals surface area contributed by atoms with E-state index in [-0.39, 0.29) is 5.82 Å². The van der Waals surface area contributed by atoms with Gasteiger partial charge < -0.3 is 14.4 Å². The van der Waals surface area contributed by atoms with Crippen LogP contribution in [0.3, 0.4) is 0 Å². The number of aryl methyl sites for hydroxylation is 1. The lowest BCUT2D eigenvalue weighted by Crippen LogP contribution is -2.33. The van der Waals surface area contributed by atoms with E-state index in [0.29, 0.717) is 18.4 Å². The van der Waals surface area contributed by atoms with Crippen LogP contribution in [0.4, 0.5) is 4.39 Å². The molecule has 1 atom stereocenters. The fraction of sp³-hybridized carbons (Fsp3) is 0.714. The van der Waals surface area contributed by atoms with Crippen LogP contribution >= 0.6 is 0 Å². The Morgan fingerprint density at radius 3 is 2.36 bits per heavy atom. The zero-order valence-corrected chi connectivity index (χ0v) is 16.5. The maximum absolute atomic E-state index is 13.6. The molecule has 0 heterocycles. The average molecular weight is 354 g/mol. The number of ether oxygens (including phenoxy) is 2. The van der Waals surface area contributed by atoms with Crippen LogP contribution in [0.25, 0.3) is 0 Å². The first-order chi connectivity index (χ1) is 12.1. The number of halogens is 1. The highest BCUT2D eigenvalue weighted by Crippen LogP contribution is 2.18. The number of nitrogens with zero attached hydrogens (tertiary/aromatic N) is 1. The van der Waals surface area contributed by atoms with Crippen molar-refractivity contribution in [2.75, 3.05) is 32.9 Å². The van der Waals surface area contributed by atoms with Gasteiger partial charge in [0.1, 0.15) is 0 Å². The molecule has 0 radical (unpaired) electrons. The van der Waals surface area contributed by atoms with Gasteiger partial charge in [0.25, 0.3) is 0 Å². The van der Waals surface area contributed by atoms with Crippen molar-refractivity contribution in [2.24, 2.45) is 0 Å². The second-order valence-corrected chi connectivity index (χ2v) is 6.69. The third-order valence-corrected chi connectivity index (χ3v) is 4.63. The van der Waals surface area contributed by atoms with Crippen molar-refractivity contribution in [2.45, 2.75) is 65.8 Å². The lowest BCUT2D eigenvalue weighted by Gasteiger charge is -2.26. The molecule has 0 spiro atoms. The topological polar surface area (TPSA) is 21.7 Å². The molecule has 0 amide bonds. The Kier molecular flexibility index (Phi) is 11.5. The van der Waals surface area contributed by atoms with Crippen LogP contribution in [-0.2, 0) is 4.74 Å². The summed E-state index contributed by atoms with van der Waals surface area (Å²) in [5.74, 6) is 0.0584. The lowest BCUT2D eigenvalue weighted by atomic mass is 10.2. The monoisotopic (exact) mass is 353 g/mol. The van der Waals surface area contributed by atoms with E-state index in [1.54, 1.807) is 6.07 Å². The van der Waals surface area contributed by atoms with Crippen LogP contribution in [0.5, 0.6) is 5.75 Å². The van der Waals surface area contributed by atoms with E-state index in [2.05, 4.69) is 25.7 Å². The van der Waals surface area contributed by atoms with Crippen molar-refractivity contribution < 1.29 is 13.9 Å². The molecule has 0 saturated heterocycles. The minimum atomic E-state index is -0.283. The minimum absolute atomic E-state index is 0.283. The van der Waals surface area contributed by atoms with Crippen LogP contribution in [0, 0.1) is 12.7 Å². The number of hydrogen-bond acceptors (Lipinski definition) is 3. The highest BCUT2D eigenvalue weighted by Gasteiger charge is 2.08. The van der Waals surface area contributed by atoms with Gasteiger partial charge in [-0.15, -0.1) is 0 Å². The van der Waals surface area contributed by atoms with Gasteiger partial charge in [-0.2, -0.15) is 0 Å². The average Bonchev–Trinajstić information content (AvgIpc) is 2.60. The lowest BCUT2D eigenvalue weighted by molar-refractivity contribution is 0.117. The van der Waals surface area contributed by atoms with Gasteiger partial charge >= 0.3 is 0 Å². The Balaban J connectivity index is 1.97. The summed E-state index contributed by atoms with van der Waals surface area (Å²) in [6, 6.07) is 5.73. The van der Waals surface area contributed by atoms with Crippen LogP contribution < -0.4 is 4.74 Å². The molecule has 1 aromatic carbocycles. The molecule has 3 nitrogen and oxygen atoms in total. The van der Waals surface area contributed by atoms with Crippen LogP contribution in [0.2, 0.25) is 0 Å². The smallest absolute Gasteiger partial charge is 0.165 e. The minimum Gasteiger partial charge on any atom is -0.491 e. The molecule has 0 aromatic heterocycles. The van der Waals surface area contributed by atoms with Crippen molar-refractivity contribution >= 4 is 0 Å². The molecule has 1 unspecified atom stereocenters. The van der Waals surface area contributed by atoms with Gasteiger partial charge in [-0.1, -0.05) is 19.9 Å². The number of unbranched alkanes of at least 4 members (excludes halogenated alkanes) is 2. The molecule has 0 N–H and O–H groups in total. The summed E-state index contributed by atoms with van der Waals surface area (Å²) >= 11 is 0. The Labute approximate surface area is 153 Å². The van der Waals surface area contributed by atoms with E-state index in [9.17, 15) is 4.39 Å². The largest absolute Gasteiger partial charge is 0.491 e.